The number of carbonyl (C=O) groups excluding carboxylic acids is 1. The van der Waals surface area contributed by atoms with Crippen LogP contribution in [0.4, 0.5) is 0 Å². The van der Waals surface area contributed by atoms with Crippen LogP contribution in [0.1, 0.15) is 24.4 Å². The fourth-order valence-electron chi connectivity index (χ4n) is 0.358. The SMILES string of the molecule is CC(C)O.O=Cc1ccco1. The van der Waals surface area contributed by atoms with E-state index in [-0.39, 0.29) is 6.10 Å². The molecule has 0 saturated carbocycles. The second-order valence-electron chi connectivity index (χ2n) is 2.23. The minimum Gasteiger partial charge on any atom is -0.462 e. The molecule has 0 amide bonds. The van der Waals surface area contributed by atoms with E-state index >= 15 is 0 Å². The predicted octanol–water partition coefficient (Wildman–Crippen LogP) is 1.48. The molecule has 0 atom stereocenters. The number of aliphatic hydroxyl groups excluding tert-OH is 1. The summed E-state index contributed by atoms with van der Waals surface area (Å²) in [5.74, 6) is 0.375. The number of hydrogen-bond donors (Lipinski definition) is 1. The molecule has 0 unspecified atom stereocenters. The zero-order valence-electron chi connectivity index (χ0n) is 6.65. The zero-order valence-corrected chi connectivity index (χ0v) is 6.65. The minimum absolute atomic E-state index is 0.167. The van der Waals surface area contributed by atoms with Gasteiger partial charge < -0.3 is 9.52 Å². The number of carbonyl (C=O) groups is 1. The molecule has 0 aromatic carbocycles. The van der Waals surface area contributed by atoms with E-state index in [2.05, 4.69) is 4.42 Å². The van der Waals surface area contributed by atoms with Crippen molar-refractivity contribution in [2.75, 3.05) is 0 Å². The lowest BCUT2D eigenvalue weighted by Crippen LogP contribution is -1.85. The second kappa shape index (κ2) is 5.68. The van der Waals surface area contributed by atoms with Gasteiger partial charge in [0.15, 0.2) is 12.0 Å². The molecule has 62 valence electrons. The van der Waals surface area contributed by atoms with Crippen molar-refractivity contribution in [2.45, 2.75) is 20.0 Å². The monoisotopic (exact) mass is 156 g/mol. The largest absolute Gasteiger partial charge is 0.462 e. The van der Waals surface area contributed by atoms with Crippen LogP contribution < -0.4 is 0 Å². The average Bonchev–Trinajstić information content (AvgIpc) is 2.36. The Morgan fingerprint density at radius 2 is 2.18 bits per heavy atom. The summed E-state index contributed by atoms with van der Waals surface area (Å²) in [6, 6.07) is 3.27. The molecule has 1 N–H and O–H groups in total. The molecule has 0 saturated heterocycles. The molecule has 1 heterocycles. The van der Waals surface area contributed by atoms with Gasteiger partial charge in [-0.05, 0) is 26.0 Å². The van der Waals surface area contributed by atoms with E-state index in [4.69, 9.17) is 5.11 Å². The maximum atomic E-state index is 9.77. The Hall–Kier alpha value is -1.09. The Morgan fingerprint density at radius 1 is 1.64 bits per heavy atom. The van der Waals surface area contributed by atoms with Gasteiger partial charge in [-0.25, -0.2) is 0 Å². The van der Waals surface area contributed by atoms with E-state index in [0.29, 0.717) is 12.0 Å². The second-order valence-corrected chi connectivity index (χ2v) is 2.23. The lowest BCUT2D eigenvalue weighted by molar-refractivity contribution is 0.110. The molecule has 0 aliphatic carbocycles. The third-order valence-corrected chi connectivity index (χ3v) is 0.659. The van der Waals surface area contributed by atoms with Crippen LogP contribution >= 0.6 is 0 Å². The van der Waals surface area contributed by atoms with Crippen LogP contribution in [-0.2, 0) is 0 Å². The van der Waals surface area contributed by atoms with Gasteiger partial charge in [-0.2, -0.15) is 0 Å². The lowest BCUT2D eigenvalue weighted by Gasteiger charge is -1.80. The van der Waals surface area contributed by atoms with Gasteiger partial charge in [0.05, 0.1) is 6.26 Å². The fourth-order valence-corrected chi connectivity index (χ4v) is 0.358. The van der Waals surface area contributed by atoms with Crippen LogP contribution in [-0.4, -0.2) is 17.5 Å². The van der Waals surface area contributed by atoms with Gasteiger partial charge in [-0.1, -0.05) is 0 Å². The fraction of sp³-hybridized carbons (Fsp3) is 0.375. The number of furan rings is 1. The maximum Gasteiger partial charge on any atom is 0.185 e. The van der Waals surface area contributed by atoms with Crippen molar-refractivity contribution in [1.29, 1.82) is 0 Å². The van der Waals surface area contributed by atoms with Crippen molar-refractivity contribution < 1.29 is 14.3 Å². The Bertz CT molecular complexity index is 174. The van der Waals surface area contributed by atoms with E-state index < -0.39 is 0 Å². The Morgan fingerprint density at radius 3 is 2.36 bits per heavy atom. The van der Waals surface area contributed by atoms with Gasteiger partial charge in [0.2, 0.25) is 0 Å². The summed E-state index contributed by atoms with van der Waals surface area (Å²) >= 11 is 0. The molecule has 0 aliphatic rings. The molecule has 0 bridgehead atoms. The van der Waals surface area contributed by atoms with Crippen LogP contribution in [0.25, 0.3) is 0 Å². The summed E-state index contributed by atoms with van der Waals surface area (Å²) in [5, 5.41) is 8.06. The Labute approximate surface area is 65.6 Å². The molecule has 0 spiro atoms. The highest BCUT2D eigenvalue weighted by Gasteiger charge is 1.84. The topological polar surface area (TPSA) is 50.4 Å². The minimum atomic E-state index is -0.167. The van der Waals surface area contributed by atoms with E-state index in [9.17, 15) is 4.79 Å². The summed E-state index contributed by atoms with van der Waals surface area (Å²) in [6.07, 6.45) is 1.96. The molecular formula is C8H12O3. The average molecular weight is 156 g/mol. The van der Waals surface area contributed by atoms with Crippen LogP contribution in [0, 0.1) is 0 Å². The van der Waals surface area contributed by atoms with Crippen molar-refractivity contribution in [1.82, 2.24) is 0 Å². The highest BCUT2D eigenvalue weighted by Crippen LogP contribution is 1.92. The predicted molar refractivity (Wildman–Crippen MR) is 41.5 cm³/mol. The number of aliphatic hydroxyl groups is 1. The standard InChI is InChI=1S/C5H4O2.C3H8O/c6-4-5-2-1-3-7-5;1-3(2)4/h1-4H;3-4H,1-2H3. The van der Waals surface area contributed by atoms with E-state index in [1.807, 2.05) is 0 Å². The quantitative estimate of drug-likeness (QED) is 0.626. The Balaban J connectivity index is 0.000000218. The van der Waals surface area contributed by atoms with Gasteiger partial charge in [-0.3, -0.25) is 4.79 Å². The summed E-state index contributed by atoms with van der Waals surface area (Å²) in [6.45, 7) is 3.44. The lowest BCUT2D eigenvalue weighted by atomic mass is 10.5. The third-order valence-electron chi connectivity index (χ3n) is 0.659. The van der Waals surface area contributed by atoms with Crippen molar-refractivity contribution in [2.24, 2.45) is 0 Å². The molecule has 0 radical (unpaired) electrons. The molecule has 0 fully saturated rings. The molecule has 3 heteroatoms. The molecule has 1 aromatic heterocycles. The van der Waals surface area contributed by atoms with Crippen molar-refractivity contribution in [3.8, 4) is 0 Å². The highest BCUT2D eigenvalue weighted by atomic mass is 16.3. The Kier molecular flexibility index (Phi) is 5.11. The third kappa shape index (κ3) is 6.80. The van der Waals surface area contributed by atoms with Crippen LogP contribution in [0.5, 0.6) is 0 Å². The van der Waals surface area contributed by atoms with E-state index in [1.54, 1.807) is 26.0 Å². The van der Waals surface area contributed by atoms with E-state index in [1.165, 1.54) is 6.26 Å². The van der Waals surface area contributed by atoms with Gasteiger partial charge in [0.1, 0.15) is 0 Å². The van der Waals surface area contributed by atoms with Gasteiger partial charge >= 0.3 is 0 Å². The first-order valence-electron chi connectivity index (χ1n) is 3.33. The van der Waals surface area contributed by atoms with E-state index in [0.717, 1.165) is 0 Å². The molecule has 11 heavy (non-hydrogen) atoms. The number of aldehydes is 1. The summed E-state index contributed by atoms with van der Waals surface area (Å²) in [4.78, 5) is 9.77. The first-order chi connectivity index (χ1) is 5.16. The van der Waals surface area contributed by atoms with Gasteiger partial charge in [0, 0.05) is 6.10 Å². The van der Waals surface area contributed by atoms with Crippen molar-refractivity contribution in [3.05, 3.63) is 24.2 Å². The first kappa shape index (κ1) is 9.91. The number of hydrogen-bond acceptors (Lipinski definition) is 3. The highest BCUT2D eigenvalue weighted by molar-refractivity contribution is 5.69. The molecular weight excluding hydrogens is 144 g/mol. The molecule has 1 rings (SSSR count). The van der Waals surface area contributed by atoms with Crippen molar-refractivity contribution in [3.63, 3.8) is 0 Å². The number of rotatable bonds is 1. The normalized spacial score (nSPS) is 8.73. The molecule has 1 aromatic rings. The first-order valence-corrected chi connectivity index (χ1v) is 3.33. The van der Waals surface area contributed by atoms with Gasteiger partial charge in [0.25, 0.3) is 0 Å². The summed E-state index contributed by atoms with van der Waals surface area (Å²) < 4.78 is 4.61. The summed E-state index contributed by atoms with van der Waals surface area (Å²) in [7, 11) is 0. The smallest absolute Gasteiger partial charge is 0.185 e. The van der Waals surface area contributed by atoms with Crippen molar-refractivity contribution >= 4 is 6.29 Å². The maximum absolute atomic E-state index is 9.77. The van der Waals surface area contributed by atoms with Crippen LogP contribution in [0.3, 0.4) is 0 Å². The van der Waals surface area contributed by atoms with Crippen LogP contribution in [0.2, 0.25) is 0 Å². The molecule has 3 nitrogen and oxygen atoms in total. The van der Waals surface area contributed by atoms with Gasteiger partial charge in [-0.15, -0.1) is 0 Å². The zero-order chi connectivity index (χ0) is 8.69. The van der Waals surface area contributed by atoms with Crippen LogP contribution in [0.15, 0.2) is 22.8 Å². The molecule has 0 aliphatic heterocycles. The summed E-state index contributed by atoms with van der Waals surface area (Å²) in [5.41, 5.74) is 0.